The van der Waals surface area contributed by atoms with E-state index >= 15 is 0 Å². The average Bonchev–Trinajstić information content (AvgIpc) is 3.00. The topological polar surface area (TPSA) is 47.9 Å². The summed E-state index contributed by atoms with van der Waals surface area (Å²) in [4.78, 5) is 14.7. The molecule has 0 N–H and O–H groups in total. The van der Waals surface area contributed by atoms with Gasteiger partial charge in [-0.15, -0.1) is 0 Å². The summed E-state index contributed by atoms with van der Waals surface area (Å²) in [7, 11) is 0. The molecule has 1 aliphatic carbocycles. The molecule has 2 aliphatic rings. The molecule has 0 aromatic heterocycles. The second-order valence-corrected chi connectivity index (χ2v) is 6.02. The molecule has 1 aromatic rings. The molecule has 1 heterocycles. The standard InChI is InChI=1S/C17H20FNO3/c18-15-11-13(17(19-12-20)7-1-2-8-17)3-4-16(15)22-14-5-9-21-10-6-14/h3-4,11,14H,1-2,5-10H2. The van der Waals surface area contributed by atoms with E-state index in [1.807, 2.05) is 6.07 Å². The molecule has 0 radical (unpaired) electrons. The zero-order valence-electron chi connectivity index (χ0n) is 12.5. The summed E-state index contributed by atoms with van der Waals surface area (Å²) in [6.45, 7) is 1.31. The highest BCUT2D eigenvalue weighted by Crippen LogP contribution is 2.43. The number of hydrogen-bond donors (Lipinski definition) is 0. The first-order valence-electron chi connectivity index (χ1n) is 7.87. The largest absolute Gasteiger partial charge is 0.487 e. The summed E-state index contributed by atoms with van der Waals surface area (Å²) >= 11 is 0. The van der Waals surface area contributed by atoms with Crippen molar-refractivity contribution in [3.05, 3.63) is 29.6 Å². The highest BCUT2D eigenvalue weighted by Gasteiger charge is 2.36. The molecule has 0 spiro atoms. The van der Waals surface area contributed by atoms with Crippen LogP contribution in [0.15, 0.2) is 23.2 Å². The highest BCUT2D eigenvalue weighted by atomic mass is 19.1. The Kier molecular flexibility index (Phi) is 4.55. The van der Waals surface area contributed by atoms with E-state index in [1.165, 1.54) is 6.07 Å². The molecule has 1 saturated heterocycles. The number of hydrogen-bond acceptors (Lipinski definition) is 4. The van der Waals surface area contributed by atoms with Gasteiger partial charge in [0.05, 0.1) is 18.8 Å². The highest BCUT2D eigenvalue weighted by molar-refractivity contribution is 5.40. The minimum atomic E-state index is -0.597. The van der Waals surface area contributed by atoms with Crippen molar-refractivity contribution in [1.82, 2.24) is 0 Å². The van der Waals surface area contributed by atoms with E-state index in [0.717, 1.165) is 44.1 Å². The Hall–Kier alpha value is -1.71. The summed E-state index contributed by atoms with van der Waals surface area (Å²) in [6.07, 6.45) is 6.73. The van der Waals surface area contributed by atoms with Crippen LogP contribution in [0.4, 0.5) is 4.39 Å². The molecule has 22 heavy (non-hydrogen) atoms. The van der Waals surface area contributed by atoms with Gasteiger partial charge < -0.3 is 9.47 Å². The SMILES string of the molecule is O=C=NC1(c2ccc(OC3CCOCC3)c(F)c2)CCCC1. The van der Waals surface area contributed by atoms with E-state index in [2.05, 4.69) is 4.99 Å². The minimum absolute atomic E-state index is 0.00235. The number of halogens is 1. The summed E-state index contributed by atoms with van der Waals surface area (Å²) in [5.74, 6) is -0.129. The normalized spacial score (nSPS) is 21.3. The van der Waals surface area contributed by atoms with E-state index in [4.69, 9.17) is 9.47 Å². The van der Waals surface area contributed by atoms with Crippen LogP contribution in [-0.2, 0) is 15.1 Å². The molecular formula is C17H20FNO3. The van der Waals surface area contributed by atoms with Gasteiger partial charge in [0, 0.05) is 12.8 Å². The van der Waals surface area contributed by atoms with Crippen LogP contribution in [0.1, 0.15) is 44.1 Å². The van der Waals surface area contributed by atoms with Gasteiger partial charge in [-0.2, -0.15) is 4.99 Å². The fourth-order valence-corrected chi connectivity index (χ4v) is 3.37. The van der Waals surface area contributed by atoms with Crippen molar-refractivity contribution in [2.45, 2.75) is 50.2 Å². The molecule has 5 heteroatoms. The summed E-state index contributed by atoms with van der Waals surface area (Å²) in [5.41, 5.74) is 0.143. The molecule has 0 atom stereocenters. The van der Waals surface area contributed by atoms with Gasteiger partial charge in [0.25, 0.3) is 0 Å². The van der Waals surface area contributed by atoms with Crippen LogP contribution in [-0.4, -0.2) is 25.4 Å². The third-order valence-electron chi connectivity index (χ3n) is 4.62. The zero-order chi connectivity index (χ0) is 15.4. The van der Waals surface area contributed by atoms with Crippen LogP contribution >= 0.6 is 0 Å². The molecular weight excluding hydrogens is 285 g/mol. The fourth-order valence-electron chi connectivity index (χ4n) is 3.37. The lowest BCUT2D eigenvalue weighted by Gasteiger charge is -2.25. The van der Waals surface area contributed by atoms with Crippen LogP contribution < -0.4 is 4.74 Å². The number of carbonyl (C=O) groups excluding carboxylic acids is 1. The minimum Gasteiger partial charge on any atom is -0.487 e. The molecule has 1 saturated carbocycles. The summed E-state index contributed by atoms with van der Waals surface area (Å²) in [5, 5.41) is 0. The van der Waals surface area contributed by atoms with E-state index < -0.39 is 11.4 Å². The molecule has 1 aromatic carbocycles. The van der Waals surface area contributed by atoms with Crippen molar-refractivity contribution < 1.29 is 18.7 Å². The van der Waals surface area contributed by atoms with Crippen molar-refractivity contribution in [1.29, 1.82) is 0 Å². The first kappa shape index (κ1) is 15.2. The molecule has 3 rings (SSSR count). The first-order valence-corrected chi connectivity index (χ1v) is 7.87. The second kappa shape index (κ2) is 6.59. The summed E-state index contributed by atoms with van der Waals surface area (Å²) in [6, 6.07) is 4.94. The quantitative estimate of drug-likeness (QED) is 0.632. The maximum atomic E-state index is 14.4. The Morgan fingerprint density at radius 1 is 1.27 bits per heavy atom. The van der Waals surface area contributed by atoms with Gasteiger partial charge in [-0.3, -0.25) is 0 Å². The fraction of sp³-hybridized carbons (Fsp3) is 0.588. The Labute approximate surface area is 129 Å². The van der Waals surface area contributed by atoms with E-state index in [9.17, 15) is 9.18 Å². The lowest BCUT2D eigenvalue weighted by atomic mass is 9.89. The van der Waals surface area contributed by atoms with E-state index in [1.54, 1.807) is 12.1 Å². The van der Waals surface area contributed by atoms with Gasteiger partial charge in [-0.1, -0.05) is 18.9 Å². The van der Waals surface area contributed by atoms with Crippen LogP contribution in [0.25, 0.3) is 0 Å². The number of nitrogens with zero attached hydrogens (tertiary/aromatic N) is 1. The van der Waals surface area contributed by atoms with Crippen molar-refractivity contribution in [2.24, 2.45) is 4.99 Å². The van der Waals surface area contributed by atoms with Gasteiger partial charge in [-0.05, 0) is 30.5 Å². The smallest absolute Gasteiger partial charge is 0.235 e. The molecule has 4 nitrogen and oxygen atoms in total. The third kappa shape index (κ3) is 3.06. The lowest BCUT2D eigenvalue weighted by molar-refractivity contribution is 0.0240. The van der Waals surface area contributed by atoms with Gasteiger partial charge >= 0.3 is 0 Å². The van der Waals surface area contributed by atoms with Crippen molar-refractivity contribution >= 4 is 6.08 Å². The number of benzene rings is 1. The number of ether oxygens (including phenoxy) is 2. The van der Waals surface area contributed by atoms with Crippen LogP contribution in [0.3, 0.4) is 0 Å². The molecule has 0 amide bonds. The Balaban J connectivity index is 1.80. The molecule has 118 valence electrons. The van der Waals surface area contributed by atoms with Gasteiger partial charge in [-0.25, -0.2) is 9.18 Å². The van der Waals surface area contributed by atoms with Crippen molar-refractivity contribution in [3.8, 4) is 5.75 Å². The average molecular weight is 305 g/mol. The second-order valence-electron chi connectivity index (χ2n) is 6.02. The lowest BCUT2D eigenvalue weighted by Crippen LogP contribution is -2.26. The van der Waals surface area contributed by atoms with Crippen molar-refractivity contribution in [3.63, 3.8) is 0 Å². The van der Waals surface area contributed by atoms with Crippen LogP contribution in [0.5, 0.6) is 5.75 Å². The van der Waals surface area contributed by atoms with Gasteiger partial charge in [0.15, 0.2) is 11.6 Å². The number of rotatable bonds is 4. The third-order valence-corrected chi connectivity index (χ3v) is 4.62. The maximum absolute atomic E-state index is 14.4. The summed E-state index contributed by atoms with van der Waals surface area (Å²) < 4.78 is 25.4. The Morgan fingerprint density at radius 2 is 2.00 bits per heavy atom. The predicted octanol–water partition coefficient (Wildman–Crippen LogP) is 3.49. The Morgan fingerprint density at radius 3 is 2.64 bits per heavy atom. The van der Waals surface area contributed by atoms with Crippen molar-refractivity contribution in [2.75, 3.05) is 13.2 Å². The molecule has 1 aliphatic heterocycles. The van der Waals surface area contributed by atoms with Gasteiger partial charge in [0.2, 0.25) is 6.08 Å². The zero-order valence-corrected chi connectivity index (χ0v) is 12.5. The van der Waals surface area contributed by atoms with Gasteiger partial charge in [0.1, 0.15) is 6.10 Å². The van der Waals surface area contributed by atoms with E-state index in [-0.39, 0.29) is 11.9 Å². The van der Waals surface area contributed by atoms with Crippen LogP contribution in [0.2, 0.25) is 0 Å². The van der Waals surface area contributed by atoms with E-state index in [0.29, 0.717) is 13.2 Å². The monoisotopic (exact) mass is 305 g/mol. The first-order chi connectivity index (χ1) is 10.7. The molecule has 2 fully saturated rings. The number of aliphatic imine (C=N–C) groups is 1. The molecule has 0 unspecified atom stereocenters. The Bertz CT molecular complexity index is 571. The maximum Gasteiger partial charge on any atom is 0.235 e. The predicted molar refractivity (Wildman–Crippen MR) is 79.1 cm³/mol. The number of isocyanates is 1. The van der Waals surface area contributed by atoms with Crippen LogP contribution in [0, 0.1) is 5.82 Å². The molecule has 0 bridgehead atoms.